The molecule has 5 nitrogen and oxygen atoms in total. The third-order valence-corrected chi connectivity index (χ3v) is 3.31. The van der Waals surface area contributed by atoms with E-state index in [4.69, 9.17) is 0 Å². The van der Waals surface area contributed by atoms with Crippen molar-refractivity contribution >= 4 is 28.1 Å². The molecule has 1 N–H and O–H groups in total. The van der Waals surface area contributed by atoms with E-state index in [1.807, 2.05) is 0 Å². The molecular formula is C13H10BrF3N4O. The van der Waals surface area contributed by atoms with Gasteiger partial charge in [0, 0.05) is 7.05 Å². The molecular weight excluding hydrogens is 365 g/mol. The van der Waals surface area contributed by atoms with Crippen LogP contribution in [0.2, 0.25) is 0 Å². The average molecular weight is 375 g/mol. The molecule has 0 radical (unpaired) electrons. The van der Waals surface area contributed by atoms with E-state index in [2.05, 4.69) is 31.6 Å². The number of alkyl halides is 3. The van der Waals surface area contributed by atoms with Gasteiger partial charge < -0.3 is 0 Å². The number of hydrogen-bond donors (Lipinski definition) is 1. The van der Waals surface area contributed by atoms with Crippen molar-refractivity contribution in [2.24, 2.45) is 12.1 Å². The minimum absolute atomic E-state index is 0.282. The molecule has 0 fully saturated rings. The summed E-state index contributed by atoms with van der Waals surface area (Å²) in [5.41, 5.74) is 2.24. The van der Waals surface area contributed by atoms with Crippen molar-refractivity contribution in [3.63, 3.8) is 0 Å². The Labute approximate surface area is 131 Å². The summed E-state index contributed by atoms with van der Waals surface area (Å²) in [4.78, 5) is 11.9. The molecule has 0 spiro atoms. The quantitative estimate of drug-likeness (QED) is 0.663. The summed E-state index contributed by atoms with van der Waals surface area (Å²) < 4.78 is 39.1. The molecule has 0 aliphatic carbocycles. The summed E-state index contributed by atoms with van der Waals surface area (Å²) in [5, 5.41) is 7.59. The monoisotopic (exact) mass is 374 g/mol. The number of nitrogens with one attached hydrogen (secondary N) is 1. The topological polar surface area (TPSA) is 59.3 Å². The lowest BCUT2D eigenvalue weighted by Gasteiger charge is -2.05. The number of aromatic nitrogens is 2. The third-order valence-electron chi connectivity index (χ3n) is 2.73. The Morgan fingerprint density at radius 3 is 2.50 bits per heavy atom. The van der Waals surface area contributed by atoms with Gasteiger partial charge in [0.25, 0.3) is 5.91 Å². The van der Waals surface area contributed by atoms with Crippen LogP contribution in [0.25, 0.3) is 0 Å². The molecule has 9 heteroatoms. The van der Waals surface area contributed by atoms with E-state index in [-0.39, 0.29) is 5.69 Å². The van der Waals surface area contributed by atoms with E-state index in [1.165, 1.54) is 29.2 Å². The molecule has 0 aliphatic rings. The molecule has 1 aromatic carbocycles. The molecule has 0 saturated heterocycles. The molecule has 0 atom stereocenters. The van der Waals surface area contributed by atoms with Crippen LogP contribution in [0.4, 0.5) is 13.2 Å². The number of aryl methyl sites for hydroxylation is 1. The van der Waals surface area contributed by atoms with Gasteiger partial charge in [-0.3, -0.25) is 9.48 Å². The Morgan fingerprint density at radius 1 is 1.36 bits per heavy atom. The molecule has 0 bridgehead atoms. The minimum Gasteiger partial charge on any atom is -0.266 e. The lowest BCUT2D eigenvalue weighted by molar-refractivity contribution is -0.137. The zero-order valence-corrected chi connectivity index (χ0v) is 12.8. The third kappa shape index (κ3) is 3.73. The molecule has 1 aromatic heterocycles. The summed E-state index contributed by atoms with van der Waals surface area (Å²) in [7, 11) is 1.60. The second-order valence-electron chi connectivity index (χ2n) is 4.28. The first-order valence-electron chi connectivity index (χ1n) is 5.97. The summed E-state index contributed by atoms with van der Waals surface area (Å²) in [5.74, 6) is -0.491. The van der Waals surface area contributed by atoms with E-state index in [0.717, 1.165) is 12.1 Å². The van der Waals surface area contributed by atoms with Gasteiger partial charge in [-0.2, -0.15) is 23.4 Å². The Balaban J connectivity index is 2.02. The van der Waals surface area contributed by atoms with Crippen LogP contribution in [0.5, 0.6) is 0 Å². The van der Waals surface area contributed by atoms with Gasteiger partial charge in [0.15, 0.2) is 0 Å². The molecule has 1 heterocycles. The van der Waals surface area contributed by atoms with E-state index < -0.39 is 17.6 Å². The Morgan fingerprint density at radius 2 is 2.00 bits per heavy atom. The largest absolute Gasteiger partial charge is 0.416 e. The molecule has 0 saturated carbocycles. The maximum atomic E-state index is 12.4. The van der Waals surface area contributed by atoms with Crippen molar-refractivity contribution in [1.82, 2.24) is 15.2 Å². The predicted molar refractivity (Wildman–Crippen MR) is 77.4 cm³/mol. The standard InChI is InChI=1S/C13H10BrF3N4O/c1-21-11(10(14)7-19-21)12(22)20-18-6-8-2-4-9(5-3-8)13(15,16)17/h2-7H,1H3,(H,20,22). The molecule has 0 aliphatic heterocycles. The van der Waals surface area contributed by atoms with Gasteiger partial charge in [0.2, 0.25) is 0 Å². The minimum atomic E-state index is -4.38. The molecule has 116 valence electrons. The Kier molecular flexibility index (Phi) is 4.65. The van der Waals surface area contributed by atoms with Crippen LogP contribution in [0, 0.1) is 0 Å². The number of benzene rings is 1. The van der Waals surface area contributed by atoms with E-state index in [1.54, 1.807) is 7.05 Å². The fourth-order valence-corrected chi connectivity index (χ4v) is 2.17. The Hall–Kier alpha value is -2.16. The summed E-state index contributed by atoms with van der Waals surface area (Å²) >= 11 is 3.18. The number of halogens is 4. The maximum Gasteiger partial charge on any atom is 0.416 e. The van der Waals surface area contributed by atoms with Crippen LogP contribution in [-0.4, -0.2) is 21.9 Å². The lowest BCUT2D eigenvalue weighted by atomic mass is 10.1. The number of carbonyl (C=O) groups excluding carboxylic acids is 1. The van der Waals surface area contributed by atoms with Crippen molar-refractivity contribution in [1.29, 1.82) is 0 Å². The van der Waals surface area contributed by atoms with Gasteiger partial charge in [-0.15, -0.1) is 0 Å². The van der Waals surface area contributed by atoms with Crippen LogP contribution < -0.4 is 5.43 Å². The normalized spacial score (nSPS) is 11.9. The van der Waals surface area contributed by atoms with Gasteiger partial charge in [-0.25, -0.2) is 5.43 Å². The molecule has 22 heavy (non-hydrogen) atoms. The van der Waals surface area contributed by atoms with Crippen molar-refractivity contribution in [2.45, 2.75) is 6.18 Å². The fourth-order valence-electron chi connectivity index (χ4n) is 1.64. The molecule has 2 rings (SSSR count). The van der Waals surface area contributed by atoms with Crippen LogP contribution in [0.15, 0.2) is 40.0 Å². The van der Waals surface area contributed by atoms with E-state index >= 15 is 0 Å². The summed E-state index contributed by atoms with van der Waals surface area (Å²) in [6.45, 7) is 0. The fraction of sp³-hybridized carbons (Fsp3) is 0.154. The highest BCUT2D eigenvalue weighted by Crippen LogP contribution is 2.28. The highest BCUT2D eigenvalue weighted by atomic mass is 79.9. The SMILES string of the molecule is Cn1ncc(Br)c1C(=O)NN=Cc1ccc(C(F)(F)F)cc1. The molecule has 2 aromatic rings. The summed E-state index contributed by atoms with van der Waals surface area (Å²) in [6, 6.07) is 4.42. The van der Waals surface area contributed by atoms with Crippen molar-refractivity contribution in [3.8, 4) is 0 Å². The smallest absolute Gasteiger partial charge is 0.266 e. The van der Waals surface area contributed by atoms with Crippen LogP contribution in [-0.2, 0) is 13.2 Å². The predicted octanol–water partition coefficient (Wildman–Crippen LogP) is 2.97. The number of carbonyl (C=O) groups is 1. The second-order valence-corrected chi connectivity index (χ2v) is 5.14. The summed E-state index contributed by atoms with van der Waals surface area (Å²) in [6.07, 6.45) is -1.66. The Bertz CT molecular complexity index is 688. The maximum absolute atomic E-state index is 12.4. The van der Waals surface area contributed by atoms with Gasteiger partial charge >= 0.3 is 6.18 Å². The molecule has 0 unspecified atom stereocenters. The van der Waals surface area contributed by atoms with Crippen LogP contribution in [0.3, 0.4) is 0 Å². The zero-order valence-electron chi connectivity index (χ0n) is 11.2. The average Bonchev–Trinajstić information content (AvgIpc) is 2.77. The van der Waals surface area contributed by atoms with Gasteiger partial charge in [-0.05, 0) is 33.6 Å². The lowest BCUT2D eigenvalue weighted by Crippen LogP contribution is -2.21. The molecule has 1 amide bonds. The van der Waals surface area contributed by atoms with E-state index in [9.17, 15) is 18.0 Å². The first-order valence-corrected chi connectivity index (χ1v) is 6.76. The first kappa shape index (κ1) is 16.2. The van der Waals surface area contributed by atoms with Crippen molar-refractivity contribution in [3.05, 3.63) is 51.8 Å². The highest BCUT2D eigenvalue weighted by Gasteiger charge is 2.29. The van der Waals surface area contributed by atoms with Crippen molar-refractivity contribution in [2.75, 3.05) is 0 Å². The number of hydrogen-bond acceptors (Lipinski definition) is 3. The first-order chi connectivity index (χ1) is 10.3. The number of nitrogens with zero attached hydrogens (tertiary/aromatic N) is 3. The van der Waals surface area contributed by atoms with E-state index in [0.29, 0.717) is 10.0 Å². The van der Waals surface area contributed by atoms with Crippen molar-refractivity contribution < 1.29 is 18.0 Å². The van der Waals surface area contributed by atoms with Crippen LogP contribution in [0.1, 0.15) is 21.6 Å². The number of hydrazone groups is 1. The van der Waals surface area contributed by atoms with Gasteiger partial charge in [0.1, 0.15) is 5.69 Å². The van der Waals surface area contributed by atoms with Gasteiger partial charge in [-0.1, -0.05) is 12.1 Å². The van der Waals surface area contributed by atoms with Gasteiger partial charge in [0.05, 0.1) is 22.4 Å². The second kappa shape index (κ2) is 6.30. The zero-order chi connectivity index (χ0) is 16.3. The highest BCUT2D eigenvalue weighted by molar-refractivity contribution is 9.10. The van der Waals surface area contributed by atoms with Crippen LogP contribution >= 0.6 is 15.9 Å². The number of amides is 1. The number of rotatable bonds is 3.